The van der Waals surface area contributed by atoms with Gasteiger partial charge in [-0.25, -0.2) is 0 Å². The highest BCUT2D eigenvalue weighted by Gasteiger charge is 2.08. The minimum Gasteiger partial charge on any atom is -0.493 e. The Balaban J connectivity index is 2.98. The van der Waals surface area contributed by atoms with Crippen LogP contribution in [0.5, 0.6) is 11.5 Å². The highest BCUT2D eigenvalue weighted by Crippen LogP contribution is 2.30. The Morgan fingerprint density at radius 2 is 1.80 bits per heavy atom. The lowest BCUT2D eigenvalue weighted by molar-refractivity contribution is 0.230. The van der Waals surface area contributed by atoms with E-state index in [0.717, 1.165) is 17.1 Å². The zero-order valence-corrected chi connectivity index (χ0v) is 9.78. The molecule has 0 aliphatic rings. The molecule has 3 heteroatoms. The van der Waals surface area contributed by atoms with Crippen LogP contribution in [0, 0.1) is 0 Å². The lowest BCUT2D eigenvalue weighted by Gasteiger charge is -2.15. The van der Waals surface area contributed by atoms with Gasteiger partial charge in [-0.05, 0) is 38.5 Å². The quantitative estimate of drug-likeness (QED) is 0.828. The Labute approximate surface area is 91.2 Å². The van der Waals surface area contributed by atoms with Gasteiger partial charge in [0.15, 0.2) is 11.5 Å². The van der Waals surface area contributed by atoms with Gasteiger partial charge >= 0.3 is 0 Å². The van der Waals surface area contributed by atoms with Crippen LogP contribution in [0.3, 0.4) is 0 Å². The molecule has 0 aromatic heterocycles. The van der Waals surface area contributed by atoms with Crippen LogP contribution in [0.25, 0.3) is 0 Å². The Morgan fingerprint density at radius 1 is 1.13 bits per heavy atom. The van der Waals surface area contributed by atoms with Crippen LogP contribution < -0.4 is 15.2 Å². The summed E-state index contributed by atoms with van der Waals surface area (Å²) in [6.07, 6.45) is 0.139. The van der Waals surface area contributed by atoms with E-state index in [1.54, 1.807) is 7.11 Å². The highest BCUT2D eigenvalue weighted by molar-refractivity contribution is 5.43. The molecule has 15 heavy (non-hydrogen) atoms. The van der Waals surface area contributed by atoms with Crippen molar-refractivity contribution in [2.75, 3.05) is 7.11 Å². The molecule has 0 fully saturated rings. The molecule has 1 unspecified atom stereocenters. The number of hydrogen-bond acceptors (Lipinski definition) is 3. The second-order valence-corrected chi connectivity index (χ2v) is 3.87. The maximum atomic E-state index is 5.79. The third-order valence-corrected chi connectivity index (χ3v) is 2.08. The zero-order valence-electron chi connectivity index (χ0n) is 9.78. The molecule has 1 rings (SSSR count). The van der Waals surface area contributed by atoms with Crippen LogP contribution >= 0.6 is 0 Å². The SMILES string of the molecule is COc1cc(C(C)N)ccc1OC(C)C. The van der Waals surface area contributed by atoms with Crippen molar-refractivity contribution < 1.29 is 9.47 Å². The number of hydrogen-bond donors (Lipinski definition) is 1. The van der Waals surface area contributed by atoms with Crippen molar-refractivity contribution in [1.82, 2.24) is 0 Å². The Hall–Kier alpha value is -1.22. The molecule has 3 nitrogen and oxygen atoms in total. The Bertz CT molecular complexity index is 321. The number of rotatable bonds is 4. The molecule has 0 aliphatic heterocycles. The van der Waals surface area contributed by atoms with Crippen molar-refractivity contribution in [1.29, 1.82) is 0 Å². The molecule has 0 spiro atoms. The van der Waals surface area contributed by atoms with Crippen LogP contribution in [-0.4, -0.2) is 13.2 Å². The van der Waals surface area contributed by atoms with Crippen molar-refractivity contribution in [2.24, 2.45) is 5.73 Å². The van der Waals surface area contributed by atoms with E-state index in [9.17, 15) is 0 Å². The van der Waals surface area contributed by atoms with E-state index >= 15 is 0 Å². The molecule has 1 atom stereocenters. The molecule has 0 saturated carbocycles. The summed E-state index contributed by atoms with van der Waals surface area (Å²) in [5.41, 5.74) is 6.84. The second kappa shape index (κ2) is 5.03. The van der Waals surface area contributed by atoms with Crippen LogP contribution in [0.2, 0.25) is 0 Å². The van der Waals surface area contributed by atoms with Crippen LogP contribution in [-0.2, 0) is 0 Å². The lowest BCUT2D eigenvalue weighted by Crippen LogP contribution is -2.08. The molecule has 0 bridgehead atoms. The van der Waals surface area contributed by atoms with Gasteiger partial charge in [-0.2, -0.15) is 0 Å². The lowest BCUT2D eigenvalue weighted by atomic mass is 10.1. The summed E-state index contributed by atoms with van der Waals surface area (Å²) >= 11 is 0. The Morgan fingerprint density at radius 3 is 2.27 bits per heavy atom. The number of nitrogens with two attached hydrogens (primary N) is 1. The van der Waals surface area contributed by atoms with Gasteiger partial charge in [0.25, 0.3) is 0 Å². The fourth-order valence-electron chi connectivity index (χ4n) is 1.32. The molecule has 0 radical (unpaired) electrons. The first kappa shape index (κ1) is 11.9. The van der Waals surface area contributed by atoms with Gasteiger partial charge in [-0.15, -0.1) is 0 Å². The second-order valence-electron chi connectivity index (χ2n) is 3.87. The molecular formula is C12H19NO2. The fourth-order valence-corrected chi connectivity index (χ4v) is 1.32. The maximum absolute atomic E-state index is 5.79. The molecular weight excluding hydrogens is 190 g/mol. The van der Waals surface area contributed by atoms with E-state index < -0.39 is 0 Å². The summed E-state index contributed by atoms with van der Waals surface area (Å²) in [6.45, 7) is 5.91. The van der Waals surface area contributed by atoms with Crippen LogP contribution in [0.15, 0.2) is 18.2 Å². The predicted molar refractivity (Wildman–Crippen MR) is 61.4 cm³/mol. The molecule has 0 heterocycles. The van der Waals surface area contributed by atoms with Crippen molar-refractivity contribution in [3.05, 3.63) is 23.8 Å². The molecule has 2 N–H and O–H groups in total. The summed E-state index contributed by atoms with van der Waals surface area (Å²) in [4.78, 5) is 0. The summed E-state index contributed by atoms with van der Waals surface area (Å²) in [5.74, 6) is 1.50. The third kappa shape index (κ3) is 3.13. The number of ether oxygens (including phenoxy) is 2. The molecule has 1 aromatic rings. The number of benzene rings is 1. The Kier molecular flexibility index (Phi) is 3.97. The first-order valence-electron chi connectivity index (χ1n) is 5.14. The topological polar surface area (TPSA) is 44.5 Å². The van der Waals surface area contributed by atoms with Gasteiger partial charge in [0, 0.05) is 6.04 Å². The van der Waals surface area contributed by atoms with Gasteiger partial charge in [0.05, 0.1) is 13.2 Å². The predicted octanol–water partition coefficient (Wildman–Crippen LogP) is 2.50. The van der Waals surface area contributed by atoms with Crippen LogP contribution in [0.1, 0.15) is 32.4 Å². The van der Waals surface area contributed by atoms with Gasteiger partial charge in [-0.1, -0.05) is 6.07 Å². The molecule has 0 saturated heterocycles. The van der Waals surface area contributed by atoms with E-state index in [2.05, 4.69) is 0 Å². The first-order valence-corrected chi connectivity index (χ1v) is 5.14. The molecule has 84 valence electrons. The highest BCUT2D eigenvalue weighted by atomic mass is 16.5. The summed E-state index contributed by atoms with van der Waals surface area (Å²) < 4.78 is 10.9. The van der Waals surface area contributed by atoms with E-state index in [4.69, 9.17) is 15.2 Å². The summed E-state index contributed by atoms with van der Waals surface area (Å²) in [7, 11) is 1.63. The van der Waals surface area contributed by atoms with Crippen molar-refractivity contribution in [3.8, 4) is 11.5 Å². The smallest absolute Gasteiger partial charge is 0.161 e. The van der Waals surface area contributed by atoms with E-state index in [1.165, 1.54) is 0 Å². The van der Waals surface area contributed by atoms with E-state index in [-0.39, 0.29) is 12.1 Å². The molecule has 0 amide bonds. The summed E-state index contributed by atoms with van der Waals surface area (Å²) in [5, 5.41) is 0. The minimum absolute atomic E-state index is 0.00648. The van der Waals surface area contributed by atoms with E-state index in [1.807, 2.05) is 39.0 Å². The largest absolute Gasteiger partial charge is 0.493 e. The standard InChI is InChI=1S/C12H19NO2/c1-8(2)15-11-6-5-10(9(3)13)7-12(11)14-4/h5-9H,13H2,1-4H3. The van der Waals surface area contributed by atoms with Gasteiger partial charge in [0.1, 0.15) is 0 Å². The van der Waals surface area contributed by atoms with Crippen molar-refractivity contribution in [2.45, 2.75) is 32.9 Å². The average Bonchev–Trinajstić information content (AvgIpc) is 2.17. The van der Waals surface area contributed by atoms with Gasteiger partial charge in [0.2, 0.25) is 0 Å². The molecule has 1 aromatic carbocycles. The van der Waals surface area contributed by atoms with E-state index in [0.29, 0.717) is 0 Å². The maximum Gasteiger partial charge on any atom is 0.161 e. The van der Waals surface area contributed by atoms with Gasteiger partial charge < -0.3 is 15.2 Å². The monoisotopic (exact) mass is 209 g/mol. The van der Waals surface area contributed by atoms with Gasteiger partial charge in [-0.3, -0.25) is 0 Å². The minimum atomic E-state index is 0.00648. The average molecular weight is 209 g/mol. The summed E-state index contributed by atoms with van der Waals surface area (Å²) in [6, 6.07) is 5.79. The van der Waals surface area contributed by atoms with Crippen molar-refractivity contribution >= 4 is 0 Å². The molecule has 0 aliphatic carbocycles. The first-order chi connectivity index (χ1) is 7.04. The van der Waals surface area contributed by atoms with Crippen molar-refractivity contribution in [3.63, 3.8) is 0 Å². The zero-order chi connectivity index (χ0) is 11.4. The number of methoxy groups -OCH3 is 1. The fraction of sp³-hybridized carbons (Fsp3) is 0.500. The normalized spacial score (nSPS) is 12.7. The third-order valence-electron chi connectivity index (χ3n) is 2.08. The van der Waals surface area contributed by atoms with Crippen LogP contribution in [0.4, 0.5) is 0 Å².